The van der Waals surface area contributed by atoms with E-state index in [-0.39, 0.29) is 31.1 Å². The number of allylic oxidation sites excluding steroid dienone is 8. The van der Waals surface area contributed by atoms with Crippen LogP contribution >= 0.6 is 0 Å². The van der Waals surface area contributed by atoms with Crippen molar-refractivity contribution in [2.45, 2.75) is 303 Å². The van der Waals surface area contributed by atoms with E-state index in [0.717, 1.165) is 89.9 Å². The summed E-state index contributed by atoms with van der Waals surface area (Å²) in [5.41, 5.74) is 0. The minimum Gasteiger partial charge on any atom is -0.462 e. The predicted octanol–water partition coefficient (Wildman–Crippen LogP) is 19.0. The van der Waals surface area contributed by atoms with Crippen molar-refractivity contribution in [1.82, 2.24) is 0 Å². The van der Waals surface area contributed by atoms with Crippen molar-refractivity contribution in [2.24, 2.45) is 0 Å². The van der Waals surface area contributed by atoms with Gasteiger partial charge in [0.05, 0.1) is 0 Å². The topological polar surface area (TPSA) is 78.9 Å². The van der Waals surface area contributed by atoms with Crippen molar-refractivity contribution in [3.63, 3.8) is 0 Å². The minimum absolute atomic E-state index is 0.0768. The van der Waals surface area contributed by atoms with E-state index in [9.17, 15) is 14.4 Å². The summed E-state index contributed by atoms with van der Waals surface area (Å²) >= 11 is 0. The number of rotatable bonds is 52. The van der Waals surface area contributed by atoms with Gasteiger partial charge in [-0.2, -0.15) is 0 Å². The van der Waals surface area contributed by atoms with Crippen LogP contribution in [-0.4, -0.2) is 37.2 Å². The number of esters is 3. The molecular weight excluding hydrogens is 817 g/mol. The largest absolute Gasteiger partial charge is 0.462 e. The zero-order valence-corrected chi connectivity index (χ0v) is 44.0. The molecule has 0 fully saturated rings. The van der Waals surface area contributed by atoms with Crippen LogP contribution in [0.3, 0.4) is 0 Å². The van der Waals surface area contributed by atoms with Crippen LogP contribution in [0.25, 0.3) is 0 Å². The molecule has 0 rings (SSSR count). The summed E-state index contributed by atoms with van der Waals surface area (Å²) in [5, 5.41) is 0. The molecule has 0 amide bonds. The standard InChI is InChI=1S/C60H108O6/c1-4-7-10-13-16-19-22-25-28-30-33-35-38-41-44-47-50-53-59(62)65-56-57(55-64-58(61)52-49-46-43-40-37-34-31-27-24-21-18-15-12-9-6-3)66-60(63)54-51-48-45-42-39-36-32-29-26-23-20-17-14-11-8-5-2/h8,11,17,20-21,24,26,29,57H,4-7,9-10,12-16,18-19,22-23,25,27-28,30-56H2,1-3H3/b11-8-,20-17-,24-21-,29-26-. The van der Waals surface area contributed by atoms with Crippen LogP contribution in [0, 0.1) is 0 Å². The summed E-state index contributed by atoms with van der Waals surface area (Å²) in [4.78, 5) is 38.1. The third kappa shape index (κ3) is 52.3. The Hall–Kier alpha value is -2.63. The fourth-order valence-corrected chi connectivity index (χ4v) is 8.28. The molecular formula is C60H108O6. The molecule has 0 spiro atoms. The highest BCUT2D eigenvalue weighted by molar-refractivity contribution is 5.71. The van der Waals surface area contributed by atoms with E-state index in [1.165, 1.54) is 167 Å². The average Bonchev–Trinajstić information content (AvgIpc) is 3.31. The molecule has 0 radical (unpaired) electrons. The van der Waals surface area contributed by atoms with Crippen LogP contribution in [0.5, 0.6) is 0 Å². The lowest BCUT2D eigenvalue weighted by Crippen LogP contribution is -2.30. The van der Waals surface area contributed by atoms with Gasteiger partial charge in [-0.15, -0.1) is 0 Å². The summed E-state index contributed by atoms with van der Waals surface area (Å²) in [6.45, 7) is 6.54. The first-order valence-corrected chi connectivity index (χ1v) is 28.6. The van der Waals surface area contributed by atoms with Gasteiger partial charge in [0.2, 0.25) is 0 Å². The zero-order chi connectivity index (χ0) is 47.9. The average molecular weight is 926 g/mol. The third-order valence-corrected chi connectivity index (χ3v) is 12.6. The molecule has 0 N–H and O–H groups in total. The molecule has 0 aromatic heterocycles. The Kier molecular flexibility index (Phi) is 52.8. The zero-order valence-electron chi connectivity index (χ0n) is 44.0. The van der Waals surface area contributed by atoms with Crippen LogP contribution in [-0.2, 0) is 28.6 Å². The van der Waals surface area contributed by atoms with Crippen molar-refractivity contribution in [2.75, 3.05) is 13.2 Å². The van der Waals surface area contributed by atoms with Crippen LogP contribution in [0.1, 0.15) is 297 Å². The summed E-state index contributed by atoms with van der Waals surface area (Å²) in [6, 6.07) is 0. The number of hydrogen-bond donors (Lipinski definition) is 0. The van der Waals surface area contributed by atoms with Gasteiger partial charge >= 0.3 is 17.9 Å². The molecule has 0 aromatic carbocycles. The minimum atomic E-state index is -0.779. The lowest BCUT2D eigenvalue weighted by molar-refractivity contribution is -0.167. The smallest absolute Gasteiger partial charge is 0.306 e. The highest BCUT2D eigenvalue weighted by Crippen LogP contribution is 2.16. The summed E-state index contributed by atoms with van der Waals surface area (Å²) in [6.07, 6.45) is 66.7. The van der Waals surface area contributed by atoms with Crippen molar-refractivity contribution >= 4 is 17.9 Å². The normalized spacial score (nSPS) is 12.3. The molecule has 0 saturated carbocycles. The Balaban J connectivity index is 4.37. The predicted molar refractivity (Wildman–Crippen MR) is 284 cm³/mol. The first kappa shape index (κ1) is 63.4. The molecule has 6 nitrogen and oxygen atoms in total. The SMILES string of the molecule is CC/C=C\C/C=C\C/C=C\CCCCCCCCC(=O)OC(COC(=O)CCCCCCCCC/C=C\CCCCCC)COC(=O)CCCCCCCCCCCCCCCCCCC. The second-order valence-corrected chi connectivity index (χ2v) is 19.2. The van der Waals surface area contributed by atoms with Gasteiger partial charge < -0.3 is 14.2 Å². The maximum absolute atomic E-state index is 12.8. The van der Waals surface area contributed by atoms with E-state index in [4.69, 9.17) is 14.2 Å². The van der Waals surface area contributed by atoms with Crippen LogP contribution in [0.2, 0.25) is 0 Å². The Morgan fingerprint density at radius 1 is 0.318 bits per heavy atom. The molecule has 0 heterocycles. The maximum Gasteiger partial charge on any atom is 0.306 e. The Labute approximate surface area is 409 Å². The fraction of sp³-hybridized carbons (Fsp3) is 0.817. The summed E-state index contributed by atoms with van der Waals surface area (Å²) in [7, 11) is 0. The molecule has 66 heavy (non-hydrogen) atoms. The second-order valence-electron chi connectivity index (χ2n) is 19.2. The quantitative estimate of drug-likeness (QED) is 0.0262. The van der Waals surface area contributed by atoms with Gasteiger partial charge in [0.15, 0.2) is 6.10 Å². The molecule has 0 bridgehead atoms. The first-order valence-electron chi connectivity index (χ1n) is 28.6. The van der Waals surface area contributed by atoms with Gasteiger partial charge in [0, 0.05) is 19.3 Å². The van der Waals surface area contributed by atoms with Crippen molar-refractivity contribution < 1.29 is 28.6 Å². The van der Waals surface area contributed by atoms with E-state index in [0.29, 0.717) is 19.3 Å². The molecule has 0 aliphatic rings. The lowest BCUT2D eigenvalue weighted by atomic mass is 10.0. The number of hydrogen-bond acceptors (Lipinski definition) is 6. The summed E-state index contributed by atoms with van der Waals surface area (Å²) < 4.78 is 16.9. The van der Waals surface area contributed by atoms with E-state index >= 15 is 0 Å². The maximum atomic E-state index is 12.8. The van der Waals surface area contributed by atoms with Crippen molar-refractivity contribution in [3.05, 3.63) is 48.6 Å². The molecule has 0 aliphatic carbocycles. The van der Waals surface area contributed by atoms with E-state index in [2.05, 4.69) is 69.4 Å². The van der Waals surface area contributed by atoms with Crippen molar-refractivity contribution in [3.8, 4) is 0 Å². The monoisotopic (exact) mass is 925 g/mol. The number of unbranched alkanes of at least 4 members (excludes halogenated alkanes) is 33. The van der Waals surface area contributed by atoms with Gasteiger partial charge in [0.1, 0.15) is 13.2 Å². The van der Waals surface area contributed by atoms with Crippen LogP contribution in [0.15, 0.2) is 48.6 Å². The second kappa shape index (κ2) is 55.0. The Bertz CT molecular complexity index is 1150. The highest BCUT2D eigenvalue weighted by atomic mass is 16.6. The highest BCUT2D eigenvalue weighted by Gasteiger charge is 2.19. The fourth-order valence-electron chi connectivity index (χ4n) is 8.28. The van der Waals surface area contributed by atoms with E-state index in [1.807, 2.05) is 0 Å². The molecule has 0 aliphatic heterocycles. The molecule has 1 atom stereocenters. The molecule has 384 valence electrons. The van der Waals surface area contributed by atoms with Gasteiger partial charge in [-0.1, -0.05) is 249 Å². The molecule has 0 saturated heterocycles. The first-order chi connectivity index (χ1) is 32.5. The number of carbonyl (C=O) groups is 3. The molecule has 0 aromatic rings. The van der Waals surface area contributed by atoms with E-state index < -0.39 is 6.10 Å². The Morgan fingerprint density at radius 2 is 0.591 bits per heavy atom. The van der Waals surface area contributed by atoms with Crippen LogP contribution < -0.4 is 0 Å². The third-order valence-electron chi connectivity index (χ3n) is 12.6. The van der Waals surface area contributed by atoms with Crippen molar-refractivity contribution in [1.29, 1.82) is 0 Å². The van der Waals surface area contributed by atoms with E-state index in [1.54, 1.807) is 0 Å². The summed E-state index contributed by atoms with van der Waals surface area (Å²) in [5.74, 6) is -0.880. The number of carbonyl (C=O) groups excluding carboxylic acids is 3. The van der Waals surface area contributed by atoms with Gasteiger partial charge in [-0.25, -0.2) is 0 Å². The lowest BCUT2D eigenvalue weighted by Gasteiger charge is -2.18. The number of ether oxygens (including phenoxy) is 3. The van der Waals surface area contributed by atoms with Gasteiger partial charge in [-0.05, 0) is 77.0 Å². The Morgan fingerprint density at radius 3 is 0.955 bits per heavy atom. The molecule has 1 unspecified atom stereocenters. The molecule has 6 heteroatoms. The van der Waals surface area contributed by atoms with Crippen LogP contribution in [0.4, 0.5) is 0 Å². The van der Waals surface area contributed by atoms with Gasteiger partial charge in [-0.3, -0.25) is 14.4 Å². The van der Waals surface area contributed by atoms with Gasteiger partial charge in [0.25, 0.3) is 0 Å².